The fraction of sp³-hybridized carbons (Fsp3) is 0.348. The molecule has 1 saturated heterocycles. The summed E-state index contributed by atoms with van der Waals surface area (Å²) < 4.78 is 11.7. The number of esters is 1. The molecule has 0 aliphatic carbocycles. The van der Waals surface area contributed by atoms with Crippen molar-refractivity contribution in [2.75, 3.05) is 26.2 Å². The highest BCUT2D eigenvalue weighted by molar-refractivity contribution is 5.84. The number of para-hydroxylation sites is 2. The Hall–Kier alpha value is -2.59. The van der Waals surface area contributed by atoms with E-state index in [9.17, 15) is 4.79 Å². The lowest BCUT2D eigenvalue weighted by molar-refractivity contribution is -0.152. The number of benzene rings is 2. The van der Waals surface area contributed by atoms with Crippen LogP contribution in [-0.2, 0) is 14.9 Å². The molecule has 0 N–H and O–H groups in total. The molecule has 0 aromatic heterocycles. The molecule has 1 fully saturated rings. The third-order valence-electron chi connectivity index (χ3n) is 5.14. The first kappa shape index (κ1) is 19.2. The minimum Gasteiger partial charge on any atom is -0.465 e. The quantitative estimate of drug-likeness (QED) is 0.532. The average molecular weight is 365 g/mol. The molecule has 0 amide bonds. The normalized spacial score (nSPS) is 16.5. The van der Waals surface area contributed by atoms with Crippen LogP contribution in [-0.4, -0.2) is 37.1 Å². The number of hydrogen-bond acceptors (Lipinski definition) is 4. The summed E-state index contributed by atoms with van der Waals surface area (Å²) in [6, 6.07) is 17.5. The summed E-state index contributed by atoms with van der Waals surface area (Å²) in [4.78, 5) is 15.4. The smallest absolute Gasteiger partial charge is 0.316 e. The van der Waals surface area contributed by atoms with Gasteiger partial charge in [0.1, 0.15) is 11.5 Å². The summed E-state index contributed by atoms with van der Waals surface area (Å²) in [5.74, 6) is 1.31. The molecule has 0 unspecified atom stereocenters. The zero-order valence-corrected chi connectivity index (χ0v) is 15.9. The molecule has 0 saturated carbocycles. The monoisotopic (exact) mass is 365 g/mol. The SMILES string of the molecule is C=CCN1CCC(C(=O)OCC)(c2ccccc2Oc2ccccc2)CC1. The summed E-state index contributed by atoms with van der Waals surface area (Å²) >= 11 is 0. The minimum atomic E-state index is -0.681. The predicted octanol–water partition coefficient (Wildman–Crippen LogP) is 4.56. The highest BCUT2D eigenvalue weighted by Gasteiger charge is 2.45. The van der Waals surface area contributed by atoms with E-state index in [1.165, 1.54) is 0 Å². The summed E-state index contributed by atoms with van der Waals surface area (Å²) in [5, 5.41) is 0. The lowest BCUT2D eigenvalue weighted by Crippen LogP contribution is -2.48. The molecule has 0 atom stereocenters. The van der Waals surface area contributed by atoms with E-state index in [0.717, 1.165) is 30.9 Å². The number of rotatable bonds is 7. The highest BCUT2D eigenvalue weighted by Crippen LogP contribution is 2.42. The Bertz CT molecular complexity index is 764. The van der Waals surface area contributed by atoms with E-state index in [2.05, 4.69) is 11.5 Å². The first-order valence-corrected chi connectivity index (χ1v) is 9.52. The maximum Gasteiger partial charge on any atom is 0.316 e. The highest BCUT2D eigenvalue weighted by atomic mass is 16.5. The van der Waals surface area contributed by atoms with Gasteiger partial charge in [-0.15, -0.1) is 6.58 Å². The minimum absolute atomic E-state index is 0.160. The van der Waals surface area contributed by atoms with Gasteiger partial charge in [-0.05, 0) is 51.1 Å². The van der Waals surface area contributed by atoms with Gasteiger partial charge < -0.3 is 9.47 Å². The van der Waals surface area contributed by atoms with Crippen LogP contribution in [0.25, 0.3) is 0 Å². The molecular formula is C23H27NO3. The van der Waals surface area contributed by atoms with Crippen LogP contribution < -0.4 is 4.74 Å². The second-order valence-electron chi connectivity index (χ2n) is 6.80. The van der Waals surface area contributed by atoms with Crippen molar-refractivity contribution >= 4 is 5.97 Å². The third-order valence-corrected chi connectivity index (χ3v) is 5.14. The number of likely N-dealkylation sites (tertiary alicyclic amines) is 1. The first-order valence-electron chi connectivity index (χ1n) is 9.52. The molecule has 1 aliphatic rings. The van der Waals surface area contributed by atoms with E-state index < -0.39 is 5.41 Å². The number of carbonyl (C=O) groups excluding carboxylic acids is 1. The largest absolute Gasteiger partial charge is 0.465 e. The Morgan fingerprint density at radius 3 is 2.44 bits per heavy atom. The Balaban J connectivity index is 1.96. The summed E-state index contributed by atoms with van der Waals surface area (Å²) in [6.45, 7) is 8.53. The number of nitrogens with zero attached hydrogens (tertiary/aromatic N) is 1. The van der Waals surface area contributed by atoms with E-state index in [-0.39, 0.29) is 5.97 Å². The van der Waals surface area contributed by atoms with Crippen LogP contribution in [0.4, 0.5) is 0 Å². The molecule has 3 rings (SSSR count). The van der Waals surface area contributed by atoms with E-state index in [1.807, 2.05) is 67.6 Å². The van der Waals surface area contributed by atoms with Gasteiger partial charge in [0.2, 0.25) is 0 Å². The Labute approximate surface area is 161 Å². The van der Waals surface area contributed by atoms with Gasteiger partial charge in [0.25, 0.3) is 0 Å². The van der Waals surface area contributed by atoms with Crippen LogP contribution >= 0.6 is 0 Å². The van der Waals surface area contributed by atoms with Crippen LogP contribution in [0.3, 0.4) is 0 Å². The summed E-state index contributed by atoms with van der Waals surface area (Å²) in [7, 11) is 0. The van der Waals surface area contributed by atoms with Gasteiger partial charge in [-0.25, -0.2) is 0 Å². The van der Waals surface area contributed by atoms with Crippen LogP contribution in [0.15, 0.2) is 67.3 Å². The fourth-order valence-electron chi connectivity index (χ4n) is 3.72. The van der Waals surface area contributed by atoms with Crippen molar-refractivity contribution in [1.82, 2.24) is 4.90 Å². The van der Waals surface area contributed by atoms with Crippen molar-refractivity contribution in [3.8, 4) is 11.5 Å². The van der Waals surface area contributed by atoms with E-state index >= 15 is 0 Å². The standard InChI is InChI=1S/C23H27NO3/c1-3-16-24-17-14-23(15-18-24,22(25)26-4-2)20-12-8-9-13-21(20)27-19-10-6-5-7-11-19/h3,5-13H,1,4,14-18H2,2H3. The molecule has 4 heteroatoms. The summed E-state index contributed by atoms with van der Waals surface area (Å²) in [6.07, 6.45) is 3.31. The van der Waals surface area contributed by atoms with Crippen LogP contribution in [0.2, 0.25) is 0 Å². The van der Waals surface area contributed by atoms with Crippen molar-refractivity contribution < 1.29 is 14.3 Å². The second kappa shape index (κ2) is 8.87. The van der Waals surface area contributed by atoms with Gasteiger partial charge in [0, 0.05) is 12.1 Å². The fourth-order valence-corrected chi connectivity index (χ4v) is 3.72. The van der Waals surface area contributed by atoms with Crippen LogP contribution in [0, 0.1) is 0 Å². The van der Waals surface area contributed by atoms with E-state index in [4.69, 9.17) is 9.47 Å². The molecule has 4 nitrogen and oxygen atoms in total. The van der Waals surface area contributed by atoms with Crippen molar-refractivity contribution in [1.29, 1.82) is 0 Å². The van der Waals surface area contributed by atoms with E-state index in [1.54, 1.807) is 0 Å². The van der Waals surface area contributed by atoms with Crippen molar-refractivity contribution in [2.24, 2.45) is 0 Å². The zero-order valence-electron chi connectivity index (χ0n) is 15.9. The Morgan fingerprint density at radius 1 is 1.11 bits per heavy atom. The molecule has 27 heavy (non-hydrogen) atoms. The zero-order chi connectivity index (χ0) is 19.1. The van der Waals surface area contributed by atoms with Gasteiger partial charge in [-0.2, -0.15) is 0 Å². The number of piperidine rings is 1. The molecule has 0 spiro atoms. The van der Waals surface area contributed by atoms with Crippen molar-refractivity contribution in [2.45, 2.75) is 25.2 Å². The molecule has 142 valence electrons. The lowest BCUT2D eigenvalue weighted by Gasteiger charge is -2.40. The number of carbonyl (C=O) groups is 1. The first-order chi connectivity index (χ1) is 13.2. The third kappa shape index (κ3) is 4.22. The Morgan fingerprint density at radius 2 is 1.78 bits per heavy atom. The number of hydrogen-bond donors (Lipinski definition) is 0. The predicted molar refractivity (Wildman–Crippen MR) is 107 cm³/mol. The molecule has 0 radical (unpaired) electrons. The van der Waals surface area contributed by atoms with Crippen LogP contribution in [0.5, 0.6) is 11.5 Å². The number of ether oxygens (including phenoxy) is 2. The van der Waals surface area contributed by atoms with Gasteiger partial charge in [0.15, 0.2) is 0 Å². The van der Waals surface area contributed by atoms with Gasteiger partial charge in [-0.1, -0.05) is 42.5 Å². The molecule has 1 heterocycles. The van der Waals surface area contributed by atoms with Gasteiger partial charge >= 0.3 is 5.97 Å². The van der Waals surface area contributed by atoms with Crippen LogP contribution in [0.1, 0.15) is 25.3 Å². The molecular weight excluding hydrogens is 338 g/mol. The van der Waals surface area contributed by atoms with Crippen molar-refractivity contribution in [3.05, 3.63) is 72.8 Å². The lowest BCUT2D eigenvalue weighted by atomic mass is 9.72. The van der Waals surface area contributed by atoms with Gasteiger partial charge in [-0.3, -0.25) is 9.69 Å². The molecule has 1 aliphatic heterocycles. The second-order valence-corrected chi connectivity index (χ2v) is 6.80. The summed E-state index contributed by atoms with van der Waals surface area (Å²) in [5.41, 5.74) is 0.226. The maximum absolute atomic E-state index is 13.1. The van der Waals surface area contributed by atoms with Gasteiger partial charge in [0.05, 0.1) is 12.0 Å². The topological polar surface area (TPSA) is 38.8 Å². The molecule has 2 aromatic rings. The molecule has 0 bridgehead atoms. The average Bonchev–Trinajstić information content (AvgIpc) is 2.70. The maximum atomic E-state index is 13.1. The Kier molecular flexibility index (Phi) is 6.30. The van der Waals surface area contributed by atoms with Crippen molar-refractivity contribution in [3.63, 3.8) is 0 Å². The van der Waals surface area contributed by atoms with E-state index in [0.29, 0.717) is 25.2 Å². The molecule has 2 aromatic carbocycles.